The lowest BCUT2D eigenvalue weighted by Gasteiger charge is -2.25. The zero-order valence-corrected chi connectivity index (χ0v) is 16.4. The van der Waals surface area contributed by atoms with E-state index in [1.54, 1.807) is 4.90 Å². The lowest BCUT2D eigenvalue weighted by atomic mass is 10.0. The predicted octanol–water partition coefficient (Wildman–Crippen LogP) is 3.60. The van der Waals surface area contributed by atoms with E-state index in [2.05, 4.69) is 28.9 Å². The van der Waals surface area contributed by atoms with E-state index in [1.165, 1.54) is 0 Å². The molecule has 1 amide bonds. The van der Waals surface area contributed by atoms with Crippen LogP contribution >= 0.6 is 0 Å². The first-order chi connectivity index (χ1) is 11.8. The number of aromatic nitrogens is 2. The molecule has 0 aliphatic heterocycles. The van der Waals surface area contributed by atoms with Crippen molar-refractivity contribution in [2.45, 2.75) is 54.1 Å². The maximum absolute atomic E-state index is 13.0. The van der Waals surface area contributed by atoms with Gasteiger partial charge in [-0.25, -0.2) is 0 Å². The molecule has 0 saturated carbocycles. The highest BCUT2D eigenvalue weighted by atomic mass is 16.3. The Kier molecular flexibility index (Phi) is 6.06. The molecular weight excluding hydrogens is 316 g/mol. The molecule has 0 aromatic carbocycles. The van der Waals surface area contributed by atoms with Crippen LogP contribution in [-0.2, 0) is 6.54 Å². The third kappa shape index (κ3) is 3.95. The van der Waals surface area contributed by atoms with Gasteiger partial charge in [0, 0.05) is 18.3 Å². The van der Waals surface area contributed by atoms with Crippen molar-refractivity contribution < 1.29 is 9.21 Å². The number of aromatic amines is 1. The summed E-state index contributed by atoms with van der Waals surface area (Å²) in [5.74, 6) is 1.48. The largest absolute Gasteiger partial charge is 0.464 e. The summed E-state index contributed by atoms with van der Waals surface area (Å²) in [7, 11) is 1.83. The van der Waals surface area contributed by atoms with Crippen LogP contribution in [0.1, 0.15) is 65.6 Å². The second-order valence-electron chi connectivity index (χ2n) is 6.58. The van der Waals surface area contributed by atoms with Gasteiger partial charge in [0.25, 0.3) is 5.91 Å². The maximum atomic E-state index is 13.0. The smallest absolute Gasteiger partial charge is 0.257 e. The Morgan fingerprint density at radius 3 is 2.44 bits per heavy atom. The van der Waals surface area contributed by atoms with Gasteiger partial charge in [-0.3, -0.25) is 14.8 Å². The summed E-state index contributed by atoms with van der Waals surface area (Å²) in [5, 5.41) is 7.23. The molecule has 0 radical (unpaired) electrons. The van der Waals surface area contributed by atoms with Crippen LogP contribution in [0.15, 0.2) is 10.5 Å². The summed E-state index contributed by atoms with van der Waals surface area (Å²) in [6, 6.07) is 1.82. The number of nitrogens with one attached hydrogen (secondary N) is 1. The van der Waals surface area contributed by atoms with Gasteiger partial charge in [-0.1, -0.05) is 13.8 Å². The molecule has 138 valence electrons. The number of aryl methyl sites for hydroxylation is 3. The number of nitrogens with zero attached hydrogens (tertiary/aromatic N) is 3. The number of carbonyl (C=O) groups excluding carboxylic acids is 1. The van der Waals surface area contributed by atoms with Gasteiger partial charge in [0.05, 0.1) is 23.8 Å². The van der Waals surface area contributed by atoms with Gasteiger partial charge in [-0.05, 0) is 46.9 Å². The van der Waals surface area contributed by atoms with Crippen molar-refractivity contribution in [3.8, 4) is 0 Å². The van der Waals surface area contributed by atoms with Crippen molar-refractivity contribution in [2.24, 2.45) is 0 Å². The van der Waals surface area contributed by atoms with Crippen molar-refractivity contribution in [3.63, 3.8) is 0 Å². The minimum Gasteiger partial charge on any atom is -0.464 e. The molecule has 0 saturated heterocycles. The van der Waals surface area contributed by atoms with Crippen LogP contribution in [-0.4, -0.2) is 46.0 Å². The van der Waals surface area contributed by atoms with Gasteiger partial charge in [0.1, 0.15) is 11.5 Å². The Bertz CT molecular complexity index is 708. The Balaban J connectivity index is 2.21. The monoisotopic (exact) mass is 346 g/mol. The lowest BCUT2D eigenvalue weighted by molar-refractivity contribution is 0.0740. The molecule has 1 N–H and O–H groups in total. The Morgan fingerprint density at radius 2 is 1.92 bits per heavy atom. The third-order valence-electron chi connectivity index (χ3n) is 4.98. The standard InChI is InChI=1S/C19H30N4O2/c1-8-23(9-2)11-16-10-17(15(6)25-16)19(24)22(7)14(5)18-12(3)20-21-13(18)4/h10,14H,8-9,11H2,1-7H3,(H,20,21)/t14-/m0/s1. The second kappa shape index (κ2) is 7.87. The van der Waals surface area contributed by atoms with Gasteiger partial charge in [-0.2, -0.15) is 5.10 Å². The molecule has 0 aliphatic carbocycles. The number of amides is 1. The normalized spacial score (nSPS) is 12.6. The van der Waals surface area contributed by atoms with Crippen molar-refractivity contribution in [3.05, 3.63) is 40.1 Å². The van der Waals surface area contributed by atoms with E-state index in [1.807, 2.05) is 40.8 Å². The van der Waals surface area contributed by atoms with Gasteiger partial charge >= 0.3 is 0 Å². The van der Waals surface area contributed by atoms with Crippen LogP contribution < -0.4 is 0 Å². The van der Waals surface area contributed by atoms with Crippen molar-refractivity contribution in [1.29, 1.82) is 0 Å². The van der Waals surface area contributed by atoms with Crippen LogP contribution in [0.4, 0.5) is 0 Å². The van der Waals surface area contributed by atoms with Crippen LogP contribution in [0.3, 0.4) is 0 Å². The van der Waals surface area contributed by atoms with Gasteiger partial charge < -0.3 is 9.32 Å². The summed E-state index contributed by atoms with van der Waals surface area (Å²) < 4.78 is 5.83. The van der Waals surface area contributed by atoms with Gasteiger partial charge in [-0.15, -0.1) is 0 Å². The summed E-state index contributed by atoms with van der Waals surface area (Å²) in [6.07, 6.45) is 0. The minimum atomic E-state index is -0.0632. The minimum absolute atomic E-state index is 0.0282. The molecule has 2 rings (SSSR count). The number of rotatable bonds is 7. The Morgan fingerprint density at radius 1 is 1.28 bits per heavy atom. The van der Waals surface area contributed by atoms with Crippen molar-refractivity contribution in [1.82, 2.24) is 20.0 Å². The Labute approximate surface area is 150 Å². The quantitative estimate of drug-likeness (QED) is 0.832. The second-order valence-corrected chi connectivity index (χ2v) is 6.58. The zero-order valence-electron chi connectivity index (χ0n) is 16.4. The van der Waals surface area contributed by atoms with Crippen LogP contribution in [0.25, 0.3) is 0 Å². The fourth-order valence-electron chi connectivity index (χ4n) is 3.24. The number of hydrogen-bond donors (Lipinski definition) is 1. The molecule has 6 heteroatoms. The molecule has 0 spiro atoms. The SMILES string of the molecule is CCN(CC)Cc1cc(C(=O)N(C)[C@@H](C)c2c(C)n[nH]c2C)c(C)o1. The summed E-state index contributed by atoms with van der Waals surface area (Å²) in [5.41, 5.74) is 3.63. The summed E-state index contributed by atoms with van der Waals surface area (Å²) in [4.78, 5) is 17.0. The molecule has 1 atom stereocenters. The molecule has 6 nitrogen and oxygen atoms in total. The van der Waals surface area contributed by atoms with E-state index < -0.39 is 0 Å². The highest BCUT2D eigenvalue weighted by Crippen LogP contribution is 2.27. The van der Waals surface area contributed by atoms with E-state index in [-0.39, 0.29) is 11.9 Å². The van der Waals surface area contributed by atoms with Crippen LogP contribution in [0, 0.1) is 20.8 Å². The molecule has 0 fully saturated rings. The molecule has 0 bridgehead atoms. The van der Waals surface area contributed by atoms with E-state index in [4.69, 9.17) is 4.42 Å². The number of H-pyrrole nitrogens is 1. The number of furan rings is 1. The first-order valence-corrected chi connectivity index (χ1v) is 8.90. The van der Waals surface area contributed by atoms with E-state index in [0.717, 1.165) is 42.3 Å². The maximum Gasteiger partial charge on any atom is 0.257 e. The first kappa shape index (κ1) is 19.2. The zero-order chi connectivity index (χ0) is 18.7. The van der Waals surface area contributed by atoms with Crippen molar-refractivity contribution in [2.75, 3.05) is 20.1 Å². The highest BCUT2D eigenvalue weighted by molar-refractivity contribution is 5.95. The lowest BCUT2D eigenvalue weighted by Crippen LogP contribution is -2.30. The van der Waals surface area contributed by atoms with E-state index >= 15 is 0 Å². The van der Waals surface area contributed by atoms with E-state index in [9.17, 15) is 4.79 Å². The third-order valence-corrected chi connectivity index (χ3v) is 4.98. The number of carbonyl (C=O) groups is 1. The molecule has 25 heavy (non-hydrogen) atoms. The average Bonchev–Trinajstić information content (AvgIpc) is 3.12. The summed E-state index contributed by atoms with van der Waals surface area (Å²) in [6.45, 7) is 14.7. The van der Waals surface area contributed by atoms with Crippen LogP contribution in [0.2, 0.25) is 0 Å². The predicted molar refractivity (Wildman–Crippen MR) is 98.6 cm³/mol. The number of hydrogen-bond acceptors (Lipinski definition) is 4. The fourth-order valence-corrected chi connectivity index (χ4v) is 3.24. The fraction of sp³-hybridized carbons (Fsp3) is 0.579. The van der Waals surface area contributed by atoms with Gasteiger partial charge in [0.15, 0.2) is 0 Å². The summed E-state index contributed by atoms with van der Waals surface area (Å²) >= 11 is 0. The molecule has 0 unspecified atom stereocenters. The highest BCUT2D eigenvalue weighted by Gasteiger charge is 2.26. The molecule has 2 heterocycles. The van der Waals surface area contributed by atoms with Crippen LogP contribution in [0.5, 0.6) is 0 Å². The topological polar surface area (TPSA) is 65.4 Å². The average molecular weight is 346 g/mol. The molecule has 0 aliphatic rings. The first-order valence-electron chi connectivity index (χ1n) is 8.90. The van der Waals surface area contributed by atoms with Gasteiger partial charge in [0.2, 0.25) is 0 Å². The molecule has 2 aromatic rings. The Hall–Kier alpha value is -2.08. The van der Waals surface area contributed by atoms with Crippen molar-refractivity contribution >= 4 is 5.91 Å². The molecule has 2 aromatic heterocycles. The van der Waals surface area contributed by atoms with E-state index in [0.29, 0.717) is 11.3 Å². The molecular formula is C19H30N4O2.